The molecule has 6 rings (SSSR count). The molecule has 2 aromatic rings. The Morgan fingerprint density at radius 2 is 1.83 bits per heavy atom. The Hall–Kier alpha value is -3.21. The van der Waals surface area contributed by atoms with Crippen LogP contribution in [0.2, 0.25) is 0 Å². The van der Waals surface area contributed by atoms with Crippen LogP contribution in [0.1, 0.15) is 31.0 Å². The van der Waals surface area contributed by atoms with E-state index in [0.717, 1.165) is 43.6 Å². The molecule has 0 saturated carbocycles. The first-order valence-electron chi connectivity index (χ1n) is 11.6. The van der Waals surface area contributed by atoms with Crippen molar-refractivity contribution in [2.75, 3.05) is 20.2 Å². The fourth-order valence-corrected chi connectivity index (χ4v) is 5.98. The molecule has 1 saturated heterocycles. The number of aromatic nitrogens is 1. The zero-order valence-electron chi connectivity index (χ0n) is 19.6. The lowest BCUT2D eigenvalue weighted by atomic mass is 9.60. The molecule has 1 aromatic carbocycles. The molecule has 6 atom stereocenters. The predicted octanol–water partition coefficient (Wildman–Crippen LogP) is 1.05. The van der Waals surface area contributed by atoms with Crippen molar-refractivity contribution in [3.63, 3.8) is 0 Å². The highest BCUT2D eigenvalue weighted by molar-refractivity contribution is 5.92. The molecule has 3 aliphatic heterocycles. The van der Waals surface area contributed by atoms with E-state index in [1.165, 1.54) is 23.6 Å². The van der Waals surface area contributed by atoms with Crippen LogP contribution in [0.15, 0.2) is 35.9 Å². The number of esters is 1. The molecule has 1 aliphatic carbocycles. The van der Waals surface area contributed by atoms with E-state index >= 15 is 0 Å². The summed E-state index contributed by atoms with van der Waals surface area (Å²) >= 11 is 0. The van der Waals surface area contributed by atoms with E-state index in [0.29, 0.717) is 5.92 Å². The van der Waals surface area contributed by atoms with Crippen molar-refractivity contribution >= 4 is 28.8 Å². The maximum atomic E-state index is 13.2. The number of carbonyl (C=O) groups is 3. The molecule has 5 unspecified atom stereocenters. The van der Waals surface area contributed by atoms with Gasteiger partial charge in [0, 0.05) is 29.7 Å². The fraction of sp³-hybridized carbons (Fsp3) is 0.480. The highest BCUT2D eigenvalue weighted by Crippen LogP contribution is 2.53. The van der Waals surface area contributed by atoms with Crippen molar-refractivity contribution in [3.05, 3.63) is 47.2 Å². The molecule has 1 aromatic heterocycles. The van der Waals surface area contributed by atoms with Crippen LogP contribution in [-0.4, -0.2) is 86.7 Å². The van der Waals surface area contributed by atoms with Gasteiger partial charge in [-0.05, 0) is 36.8 Å². The van der Waals surface area contributed by atoms with Gasteiger partial charge in [-0.15, -0.1) is 0 Å². The van der Waals surface area contributed by atoms with E-state index in [1.807, 2.05) is 0 Å². The number of aliphatic hydroxyl groups is 2. The number of H-pyrrole nitrogens is 1. The Morgan fingerprint density at radius 1 is 1.17 bits per heavy atom. The maximum absolute atomic E-state index is 13.2. The molecule has 10 nitrogen and oxygen atoms in total. The molecule has 0 spiro atoms. The highest BCUT2D eigenvalue weighted by atomic mass is 16.5. The number of aliphatic hydroxyl groups excluding tert-OH is 2. The molecule has 188 valence electrons. The molecular weight excluding hydrogens is 456 g/mol. The quantitative estimate of drug-likeness (QED) is 0.307. The predicted molar refractivity (Wildman–Crippen MR) is 125 cm³/mol. The number of carboxylic acid groups (broad SMARTS) is 2. The van der Waals surface area contributed by atoms with E-state index in [9.17, 15) is 14.4 Å². The smallest absolute Gasteiger partial charge is 0.335 e. The third kappa shape index (κ3) is 4.01. The average Bonchev–Trinajstić information content (AvgIpc) is 3.20. The first kappa shape index (κ1) is 24.9. The van der Waals surface area contributed by atoms with Gasteiger partial charge < -0.3 is 30.1 Å². The molecule has 0 radical (unpaired) electrons. The van der Waals surface area contributed by atoms with Crippen LogP contribution in [-0.2, 0) is 31.0 Å². The Kier molecular flexibility index (Phi) is 6.72. The first-order valence-corrected chi connectivity index (χ1v) is 11.6. The average molecular weight is 487 g/mol. The molecule has 35 heavy (non-hydrogen) atoms. The number of methoxy groups -OCH3 is 1. The van der Waals surface area contributed by atoms with E-state index in [2.05, 4.69) is 47.1 Å². The minimum atomic E-state index is -2.27. The number of aliphatic carboxylic acids is 2. The van der Waals surface area contributed by atoms with Crippen LogP contribution in [0.25, 0.3) is 10.9 Å². The molecule has 4 heterocycles. The zero-order chi connectivity index (χ0) is 25.5. The van der Waals surface area contributed by atoms with Crippen molar-refractivity contribution in [2.45, 2.75) is 49.9 Å². The highest BCUT2D eigenvalue weighted by Gasteiger charge is 2.60. The number of hydrogen-bond donors (Lipinski definition) is 5. The van der Waals surface area contributed by atoms with Gasteiger partial charge in [0.1, 0.15) is 5.41 Å². The molecule has 4 bridgehead atoms. The summed E-state index contributed by atoms with van der Waals surface area (Å²) in [6.07, 6.45) is 0.722. The lowest BCUT2D eigenvalue weighted by Gasteiger charge is -2.53. The van der Waals surface area contributed by atoms with Crippen molar-refractivity contribution < 1.29 is 39.5 Å². The largest absolute Gasteiger partial charge is 0.479 e. The number of carbonyl (C=O) groups excluding carboxylic acids is 1. The van der Waals surface area contributed by atoms with Gasteiger partial charge in [0.05, 0.1) is 13.2 Å². The van der Waals surface area contributed by atoms with Gasteiger partial charge in [-0.3, -0.25) is 9.69 Å². The summed E-state index contributed by atoms with van der Waals surface area (Å²) in [5, 5.41) is 33.8. The molecule has 0 amide bonds. The minimum absolute atomic E-state index is 0.0824. The maximum Gasteiger partial charge on any atom is 0.335 e. The minimum Gasteiger partial charge on any atom is -0.479 e. The number of benzene rings is 1. The van der Waals surface area contributed by atoms with Crippen molar-refractivity contribution in [2.24, 2.45) is 5.92 Å². The van der Waals surface area contributed by atoms with E-state index in [1.54, 1.807) is 0 Å². The molecule has 5 N–H and O–H groups in total. The summed E-state index contributed by atoms with van der Waals surface area (Å²) in [5.74, 6) is -3.19. The summed E-state index contributed by atoms with van der Waals surface area (Å²) in [4.78, 5) is 39.0. The van der Waals surface area contributed by atoms with Crippen LogP contribution >= 0.6 is 0 Å². The number of hydrogen-bond acceptors (Lipinski definition) is 7. The number of para-hydroxylation sites is 1. The van der Waals surface area contributed by atoms with Gasteiger partial charge in [0.25, 0.3) is 0 Å². The third-order valence-electron chi connectivity index (χ3n) is 7.36. The standard InChI is InChI=1S/C21H24N2O2.C4H6O6/c1-3-14-10-13-11-21(20(24)25-2)18-16(8-9-23(12-13)19(14)21)15-6-4-5-7-17(15)22-18;5-1(3(7)8)2(6)4(9)10/h4-7,10,13,19,22H,3,8-9,11-12H2,1-2H3;1-2,5-6H,(H,7,8)(H,9,10)/t13?,19?,21-;/m0./s1. The van der Waals surface area contributed by atoms with E-state index in [-0.39, 0.29) is 12.0 Å². The van der Waals surface area contributed by atoms with Crippen LogP contribution in [0.5, 0.6) is 0 Å². The van der Waals surface area contributed by atoms with Gasteiger partial charge in [-0.25, -0.2) is 9.59 Å². The molecule has 10 heteroatoms. The van der Waals surface area contributed by atoms with Crippen molar-refractivity contribution in [3.8, 4) is 0 Å². The van der Waals surface area contributed by atoms with Crippen molar-refractivity contribution in [1.29, 1.82) is 0 Å². The number of piperidine rings is 1. The number of ether oxygens (including phenoxy) is 1. The Morgan fingerprint density at radius 3 is 2.43 bits per heavy atom. The molecule has 1 fully saturated rings. The van der Waals surface area contributed by atoms with Gasteiger partial charge in [-0.2, -0.15) is 0 Å². The lowest BCUT2D eigenvalue weighted by molar-refractivity contribution is -0.165. The van der Waals surface area contributed by atoms with Crippen molar-refractivity contribution in [1.82, 2.24) is 9.88 Å². The van der Waals surface area contributed by atoms with Crippen LogP contribution in [0, 0.1) is 5.92 Å². The molecular formula is C25H30N2O8. The van der Waals surface area contributed by atoms with Crippen LogP contribution in [0.3, 0.4) is 0 Å². The normalized spacial score (nSPS) is 28.0. The van der Waals surface area contributed by atoms with Crippen LogP contribution < -0.4 is 0 Å². The topological polar surface area (TPSA) is 160 Å². The van der Waals surface area contributed by atoms with Gasteiger partial charge >= 0.3 is 17.9 Å². The number of nitrogens with one attached hydrogen (secondary N) is 1. The van der Waals surface area contributed by atoms with Crippen LogP contribution in [0.4, 0.5) is 0 Å². The Balaban J connectivity index is 0.000000248. The van der Waals surface area contributed by atoms with Gasteiger partial charge in [0.2, 0.25) is 0 Å². The fourth-order valence-electron chi connectivity index (χ4n) is 5.98. The zero-order valence-corrected chi connectivity index (χ0v) is 19.6. The summed E-state index contributed by atoms with van der Waals surface area (Å²) in [5.41, 5.74) is 4.36. The van der Waals surface area contributed by atoms with E-state index < -0.39 is 29.6 Å². The van der Waals surface area contributed by atoms with Gasteiger partial charge in [0.15, 0.2) is 12.2 Å². The lowest BCUT2D eigenvalue weighted by Crippen LogP contribution is -2.63. The molecule has 4 aliphatic rings. The summed E-state index contributed by atoms with van der Waals surface area (Å²) in [6.45, 7) is 4.28. The number of nitrogens with zero attached hydrogens (tertiary/aromatic N) is 1. The summed E-state index contributed by atoms with van der Waals surface area (Å²) in [7, 11) is 1.53. The van der Waals surface area contributed by atoms with E-state index in [4.69, 9.17) is 25.2 Å². The summed E-state index contributed by atoms with van der Waals surface area (Å²) < 4.78 is 5.41. The number of rotatable bonds is 5. The second kappa shape index (κ2) is 9.44. The number of aromatic amines is 1. The summed E-state index contributed by atoms with van der Waals surface area (Å²) in [6, 6.07) is 8.56. The number of fused-ring (bicyclic) bond motifs is 3. The SMILES string of the molecule is CCC1=CC2CN3CCc4c([nH]c5ccccc45)[C@@](C(=O)OC)(C2)C13.O=C(O)C(O)C(O)C(=O)O. The third-order valence-corrected chi connectivity index (χ3v) is 7.36. The first-order chi connectivity index (χ1) is 16.6. The second-order valence-electron chi connectivity index (χ2n) is 9.26. The number of carboxylic acids is 2. The monoisotopic (exact) mass is 486 g/mol. The second-order valence-corrected chi connectivity index (χ2v) is 9.26. The van der Waals surface area contributed by atoms with Gasteiger partial charge in [-0.1, -0.05) is 36.8 Å². The Bertz CT molecular complexity index is 1170. The Labute approximate surface area is 201 Å².